The molecule has 2 nitrogen and oxygen atoms in total. The minimum absolute atomic E-state index is 1.07. The van der Waals surface area contributed by atoms with E-state index in [1.54, 1.807) is 0 Å². The van der Waals surface area contributed by atoms with Gasteiger partial charge in [0.1, 0.15) is 5.65 Å². The van der Waals surface area contributed by atoms with Crippen LogP contribution in [0.5, 0.6) is 0 Å². The second kappa shape index (κ2) is 3.21. The molecule has 0 N–H and O–H groups in total. The molecule has 2 heteroatoms. The standard InChI is InChI=1S/C11H14N2/c1-3-9-8-13-7-5-6-12-11(13)10(9)4-2/h5-8H,3-4H2,1-2H3. The van der Waals surface area contributed by atoms with Crippen LogP contribution in [-0.4, -0.2) is 9.38 Å². The average Bonchev–Trinajstić information content (AvgIpc) is 2.55. The van der Waals surface area contributed by atoms with Gasteiger partial charge in [-0.05, 0) is 30.0 Å². The maximum atomic E-state index is 4.38. The number of fused-ring (bicyclic) bond motifs is 1. The van der Waals surface area contributed by atoms with Crippen molar-refractivity contribution in [3.8, 4) is 0 Å². The Bertz CT molecular complexity index is 415. The zero-order valence-corrected chi connectivity index (χ0v) is 8.12. The van der Waals surface area contributed by atoms with Gasteiger partial charge < -0.3 is 4.40 Å². The second-order valence-electron chi connectivity index (χ2n) is 3.19. The normalized spacial score (nSPS) is 10.9. The molecule has 2 aromatic rings. The fourth-order valence-corrected chi connectivity index (χ4v) is 1.80. The highest BCUT2D eigenvalue weighted by Crippen LogP contribution is 2.17. The van der Waals surface area contributed by atoms with E-state index < -0.39 is 0 Å². The highest BCUT2D eigenvalue weighted by atomic mass is 15.0. The molecule has 0 spiro atoms. The van der Waals surface area contributed by atoms with Crippen LogP contribution < -0.4 is 0 Å². The number of nitrogens with zero attached hydrogens (tertiary/aromatic N) is 2. The van der Waals surface area contributed by atoms with Crippen molar-refractivity contribution in [1.29, 1.82) is 0 Å². The third-order valence-corrected chi connectivity index (χ3v) is 2.46. The Morgan fingerprint density at radius 1 is 1.31 bits per heavy atom. The molecule has 0 aliphatic carbocycles. The summed E-state index contributed by atoms with van der Waals surface area (Å²) in [7, 11) is 0. The molecule has 0 aliphatic rings. The van der Waals surface area contributed by atoms with E-state index in [1.807, 2.05) is 12.3 Å². The smallest absolute Gasteiger partial charge is 0.140 e. The first-order valence-electron chi connectivity index (χ1n) is 4.80. The molecule has 2 rings (SSSR count). The number of hydrogen-bond acceptors (Lipinski definition) is 1. The SMILES string of the molecule is CCc1cn2cccnc2c1CC. The van der Waals surface area contributed by atoms with E-state index in [-0.39, 0.29) is 0 Å². The number of aromatic nitrogens is 2. The van der Waals surface area contributed by atoms with E-state index in [0.29, 0.717) is 0 Å². The van der Waals surface area contributed by atoms with Gasteiger partial charge in [-0.15, -0.1) is 0 Å². The van der Waals surface area contributed by atoms with Gasteiger partial charge in [0.05, 0.1) is 0 Å². The molecule has 0 unspecified atom stereocenters. The summed E-state index contributed by atoms with van der Waals surface area (Å²) in [6, 6.07) is 1.96. The molecule has 0 radical (unpaired) electrons. The lowest BCUT2D eigenvalue weighted by Gasteiger charge is -1.96. The van der Waals surface area contributed by atoms with E-state index in [1.165, 1.54) is 11.1 Å². The lowest BCUT2D eigenvalue weighted by atomic mass is 10.1. The first-order chi connectivity index (χ1) is 6.36. The fourth-order valence-electron chi connectivity index (χ4n) is 1.80. The Morgan fingerprint density at radius 2 is 2.15 bits per heavy atom. The third-order valence-electron chi connectivity index (χ3n) is 2.46. The van der Waals surface area contributed by atoms with E-state index in [0.717, 1.165) is 18.5 Å². The summed E-state index contributed by atoms with van der Waals surface area (Å²) in [5.74, 6) is 0. The van der Waals surface area contributed by atoms with Crippen molar-refractivity contribution in [3.05, 3.63) is 35.8 Å². The van der Waals surface area contributed by atoms with Crippen LogP contribution in [0.25, 0.3) is 5.65 Å². The zero-order valence-electron chi connectivity index (χ0n) is 8.12. The molecule has 0 atom stereocenters. The third kappa shape index (κ3) is 1.22. The summed E-state index contributed by atoms with van der Waals surface area (Å²) in [4.78, 5) is 4.38. The first kappa shape index (κ1) is 8.30. The Balaban J connectivity index is 2.73. The van der Waals surface area contributed by atoms with Crippen LogP contribution in [0.2, 0.25) is 0 Å². The molecule has 0 aliphatic heterocycles. The van der Waals surface area contributed by atoms with E-state index in [2.05, 4.69) is 35.6 Å². The second-order valence-corrected chi connectivity index (χ2v) is 3.19. The summed E-state index contributed by atoms with van der Waals surface area (Å²) in [6.07, 6.45) is 8.25. The van der Waals surface area contributed by atoms with Crippen molar-refractivity contribution in [2.75, 3.05) is 0 Å². The van der Waals surface area contributed by atoms with Crippen molar-refractivity contribution in [2.24, 2.45) is 0 Å². The van der Waals surface area contributed by atoms with E-state index >= 15 is 0 Å². The molecule has 0 aromatic carbocycles. The molecule has 68 valence electrons. The Morgan fingerprint density at radius 3 is 2.85 bits per heavy atom. The van der Waals surface area contributed by atoms with Crippen LogP contribution in [0, 0.1) is 0 Å². The molecular formula is C11H14N2. The lowest BCUT2D eigenvalue weighted by Crippen LogP contribution is -1.87. The van der Waals surface area contributed by atoms with Gasteiger partial charge >= 0.3 is 0 Å². The molecule has 0 bridgehead atoms. The Labute approximate surface area is 78.2 Å². The predicted octanol–water partition coefficient (Wildman–Crippen LogP) is 2.46. The monoisotopic (exact) mass is 174 g/mol. The maximum absolute atomic E-state index is 4.38. The molecule has 13 heavy (non-hydrogen) atoms. The van der Waals surface area contributed by atoms with Gasteiger partial charge in [-0.25, -0.2) is 4.98 Å². The van der Waals surface area contributed by atoms with Crippen LogP contribution in [0.1, 0.15) is 25.0 Å². The lowest BCUT2D eigenvalue weighted by molar-refractivity contribution is 1.06. The van der Waals surface area contributed by atoms with Crippen LogP contribution >= 0.6 is 0 Å². The van der Waals surface area contributed by atoms with Gasteiger partial charge in [-0.3, -0.25) is 0 Å². The van der Waals surface area contributed by atoms with Gasteiger partial charge in [0, 0.05) is 18.6 Å². The molecule has 2 heterocycles. The van der Waals surface area contributed by atoms with Gasteiger partial charge in [-0.1, -0.05) is 13.8 Å². The van der Waals surface area contributed by atoms with Gasteiger partial charge in [0.15, 0.2) is 0 Å². The highest BCUT2D eigenvalue weighted by Gasteiger charge is 2.06. The van der Waals surface area contributed by atoms with Gasteiger partial charge in [-0.2, -0.15) is 0 Å². The van der Waals surface area contributed by atoms with E-state index in [9.17, 15) is 0 Å². The minimum atomic E-state index is 1.07. The van der Waals surface area contributed by atoms with Crippen LogP contribution in [0.15, 0.2) is 24.7 Å². The summed E-state index contributed by atoms with van der Waals surface area (Å²) in [6.45, 7) is 4.37. The molecule has 2 aromatic heterocycles. The number of hydrogen-bond donors (Lipinski definition) is 0. The maximum Gasteiger partial charge on any atom is 0.140 e. The zero-order chi connectivity index (χ0) is 9.26. The predicted molar refractivity (Wildman–Crippen MR) is 53.9 cm³/mol. The minimum Gasteiger partial charge on any atom is -0.308 e. The van der Waals surface area contributed by atoms with Crippen molar-refractivity contribution >= 4 is 5.65 Å². The largest absolute Gasteiger partial charge is 0.308 e. The van der Waals surface area contributed by atoms with Crippen LogP contribution in [0.3, 0.4) is 0 Å². The summed E-state index contributed by atoms with van der Waals surface area (Å²) in [5.41, 5.74) is 3.92. The Hall–Kier alpha value is -1.31. The summed E-state index contributed by atoms with van der Waals surface area (Å²) < 4.78 is 2.11. The molecule has 0 fully saturated rings. The van der Waals surface area contributed by atoms with Gasteiger partial charge in [0.2, 0.25) is 0 Å². The highest BCUT2D eigenvalue weighted by molar-refractivity contribution is 5.53. The molecule has 0 amide bonds. The molecule has 0 saturated carbocycles. The van der Waals surface area contributed by atoms with Crippen LogP contribution in [-0.2, 0) is 12.8 Å². The fraction of sp³-hybridized carbons (Fsp3) is 0.364. The first-order valence-corrected chi connectivity index (χ1v) is 4.80. The van der Waals surface area contributed by atoms with Crippen molar-refractivity contribution in [1.82, 2.24) is 9.38 Å². The van der Waals surface area contributed by atoms with Crippen LogP contribution in [0.4, 0.5) is 0 Å². The average molecular weight is 174 g/mol. The van der Waals surface area contributed by atoms with Crippen molar-refractivity contribution < 1.29 is 0 Å². The summed E-state index contributed by atoms with van der Waals surface area (Å²) >= 11 is 0. The van der Waals surface area contributed by atoms with Gasteiger partial charge in [0.25, 0.3) is 0 Å². The van der Waals surface area contributed by atoms with Crippen molar-refractivity contribution in [2.45, 2.75) is 26.7 Å². The molecule has 0 saturated heterocycles. The molecular weight excluding hydrogens is 160 g/mol. The Kier molecular flexibility index (Phi) is 2.05. The quantitative estimate of drug-likeness (QED) is 0.683. The van der Waals surface area contributed by atoms with E-state index in [4.69, 9.17) is 0 Å². The number of aryl methyl sites for hydroxylation is 2. The van der Waals surface area contributed by atoms with Crippen molar-refractivity contribution in [3.63, 3.8) is 0 Å². The summed E-state index contributed by atoms with van der Waals surface area (Å²) in [5, 5.41) is 0. The number of rotatable bonds is 2. The topological polar surface area (TPSA) is 17.3 Å².